The summed E-state index contributed by atoms with van der Waals surface area (Å²) in [5.74, 6) is 0. The van der Waals surface area contributed by atoms with E-state index in [1.807, 2.05) is 24.3 Å². The van der Waals surface area contributed by atoms with Crippen LogP contribution < -0.4 is 10.8 Å². The van der Waals surface area contributed by atoms with Crippen LogP contribution in [0.1, 0.15) is 37.3 Å². The summed E-state index contributed by atoms with van der Waals surface area (Å²) in [6.45, 7) is 0. The number of anilines is 1. The predicted molar refractivity (Wildman–Crippen MR) is 63.1 cm³/mol. The number of hydroxylamine groups is 1. The summed E-state index contributed by atoms with van der Waals surface area (Å²) in [6, 6.07) is 7.80. The number of nitrogens with two attached hydrogens (primary N) is 1. The first-order valence-electron chi connectivity index (χ1n) is 5.84. The smallest absolute Gasteiger partial charge is 0.0740 e. The zero-order chi connectivity index (χ0) is 11.1. The minimum atomic E-state index is -0.0325. The third kappa shape index (κ3) is 1.29. The molecule has 0 aromatic heterocycles. The lowest BCUT2D eigenvalue weighted by molar-refractivity contribution is 0.267. The molecule has 2 aliphatic rings. The third-order valence-electron chi connectivity index (χ3n) is 3.61. The lowest BCUT2D eigenvalue weighted by Gasteiger charge is -2.36. The van der Waals surface area contributed by atoms with Gasteiger partial charge in [0.1, 0.15) is 0 Å². The molecule has 0 saturated carbocycles. The summed E-state index contributed by atoms with van der Waals surface area (Å²) in [7, 11) is 0. The highest BCUT2D eigenvalue weighted by Crippen LogP contribution is 2.42. The number of allylic oxidation sites excluding steroid dienone is 1. The van der Waals surface area contributed by atoms with Crippen LogP contribution in [0.15, 0.2) is 35.5 Å². The van der Waals surface area contributed by atoms with E-state index >= 15 is 0 Å². The molecule has 0 saturated heterocycles. The Bertz CT molecular complexity index is 412. The molecular weight excluding hydrogens is 200 g/mol. The largest absolute Gasteiger partial charge is 0.320 e. The Kier molecular flexibility index (Phi) is 2.23. The van der Waals surface area contributed by atoms with E-state index in [1.165, 1.54) is 17.1 Å². The SMILES string of the molecule is NC1C2=C(CCCC2)N(O)c2ccccc21. The third-order valence-corrected chi connectivity index (χ3v) is 3.61. The van der Waals surface area contributed by atoms with Crippen LogP contribution in [0.25, 0.3) is 0 Å². The fourth-order valence-corrected chi connectivity index (χ4v) is 2.77. The summed E-state index contributed by atoms with van der Waals surface area (Å²) in [5.41, 5.74) is 10.4. The van der Waals surface area contributed by atoms with Crippen molar-refractivity contribution in [1.29, 1.82) is 0 Å². The standard InChI is InChI=1S/C13H16N2O/c14-13-9-5-1-3-7-11(9)15(16)12-8-4-2-6-10(12)13/h1,3,5,7,13,16H,2,4,6,8,14H2. The lowest BCUT2D eigenvalue weighted by atomic mass is 9.84. The van der Waals surface area contributed by atoms with Crippen LogP contribution in [0.2, 0.25) is 0 Å². The van der Waals surface area contributed by atoms with Crippen molar-refractivity contribution in [2.45, 2.75) is 31.7 Å². The van der Waals surface area contributed by atoms with Gasteiger partial charge in [0.2, 0.25) is 0 Å². The van der Waals surface area contributed by atoms with Crippen molar-refractivity contribution < 1.29 is 5.21 Å². The van der Waals surface area contributed by atoms with Crippen molar-refractivity contribution in [2.24, 2.45) is 5.73 Å². The number of fused-ring (bicyclic) bond motifs is 1. The summed E-state index contributed by atoms with van der Waals surface area (Å²) in [5, 5.41) is 11.5. The number of nitrogens with zero attached hydrogens (tertiary/aromatic N) is 1. The molecule has 0 fully saturated rings. The van der Waals surface area contributed by atoms with Gasteiger partial charge in [0.15, 0.2) is 0 Å². The highest BCUT2D eigenvalue weighted by Gasteiger charge is 2.30. The van der Waals surface area contributed by atoms with E-state index in [0.29, 0.717) is 0 Å². The quantitative estimate of drug-likeness (QED) is 0.701. The monoisotopic (exact) mass is 216 g/mol. The van der Waals surface area contributed by atoms with Gasteiger partial charge in [-0.05, 0) is 42.9 Å². The van der Waals surface area contributed by atoms with Crippen LogP contribution in [-0.4, -0.2) is 5.21 Å². The Morgan fingerprint density at radius 2 is 1.94 bits per heavy atom. The molecule has 1 aliphatic carbocycles. The highest BCUT2D eigenvalue weighted by molar-refractivity contribution is 5.62. The minimum Gasteiger partial charge on any atom is -0.320 e. The molecule has 3 nitrogen and oxygen atoms in total. The van der Waals surface area contributed by atoms with Gasteiger partial charge in [-0.1, -0.05) is 18.2 Å². The Labute approximate surface area is 95.1 Å². The van der Waals surface area contributed by atoms with E-state index in [0.717, 1.165) is 36.2 Å². The van der Waals surface area contributed by atoms with Crippen molar-refractivity contribution in [3.63, 3.8) is 0 Å². The molecule has 1 aromatic carbocycles. The van der Waals surface area contributed by atoms with Gasteiger partial charge in [-0.15, -0.1) is 0 Å². The van der Waals surface area contributed by atoms with Crippen molar-refractivity contribution in [1.82, 2.24) is 0 Å². The molecule has 1 aliphatic heterocycles. The van der Waals surface area contributed by atoms with Gasteiger partial charge in [0.05, 0.1) is 11.7 Å². The minimum absolute atomic E-state index is 0.0325. The van der Waals surface area contributed by atoms with Crippen molar-refractivity contribution in [3.8, 4) is 0 Å². The van der Waals surface area contributed by atoms with Gasteiger partial charge >= 0.3 is 0 Å². The zero-order valence-corrected chi connectivity index (χ0v) is 9.19. The van der Waals surface area contributed by atoms with Crippen molar-refractivity contribution in [2.75, 3.05) is 5.06 Å². The first kappa shape index (κ1) is 9.87. The van der Waals surface area contributed by atoms with E-state index in [-0.39, 0.29) is 6.04 Å². The van der Waals surface area contributed by atoms with E-state index in [4.69, 9.17) is 5.73 Å². The normalized spacial score (nSPS) is 24.1. The number of para-hydroxylation sites is 1. The molecule has 0 radical (unpaired) electrons. The summed E-state index contributed by atoms with van der Waals surface area (Å²) < 4.78 is 0. The molecule has 1 unspecified atom stereocenters. The van der Waals surface area contributed by atoms with Crippen LogP contribution >= 0.6 is 0 Å². The Balaban J connectivity index is 2.14. The molecule has 1 atom stereocenters. The van der Waals surface area contributed by atoms with Gasteiger partial charge in [0, 0.05) is 5.70 Å². The van der Waals surface area contributed by atoms with E-state index in [9.17, 15) is 5.21 Å². The van der Waals surface area contributed by atoms with Crippen LogP contribution in [-0.2, 0) is 0 Å². The average molecular weight is 216 g/mol. The first-order chi connectivity index (χ1) is 7.79. The lowest BCUT2D eigenvalue weighted by Crippen LogP contribution is -2.32. The van der Waals surface area contributed by atoms with Crippen LogP contribution in [0.3, 0.4) is 0 Å². The molecule has 0 spiro atoms. The molecule has 84 valence electrons. The fourth-order valence-electron chi connectivity index (χ4n) is 2.77. The number of rotatable bonds is 0. The second-order valence-corrected chi connectivity index (χ2v) is 4.53. The molecule has 0 bridgehead atoms. The Hall–Kier alpha value is -1.32. The number of benzene rings is 1. The van der Waals surface area contributed by atoms with Gasteiger partial charge in [-0.3, -0.25) is 5.21 Å². The molecule has 3 rings (SSSR count). The highest BCUT2D eigenvalue weighted by atomic mass is 16.5. The molecular formula is C13H16N2O. The molecule has 16 heavy (non-hydrogen) atoms. The Morgan fingerprint density at radius 3 is 2.81 bits per heavy atom. The van der Waals surface area contributed by atoms with Crippen LogP contribution in [0, 0.1) is 0 Å². The predicted octanol–water partition coefficient (Wildman–Crippen LogP) is 2.72. The molecule has 1 aromatic rings. The maximum Gasteiger partial charge on any atom is 0.0740 e. The van der Waals surface area contributed by atoms with Crippen LogP contribution in [0.4, 0.5) is 5.69 Å². The van der Waals surface area contributed by atoms with E-state index < -0.39 is 0 Å². The topological polar surface area (TPSA) is 49.5 Å². The van der Waals surface area contributed by atoms with E-state index in [2.05, 4.69) is 0 Å². The van der Waals surface area contributed by atoms with Crippen molar-refractivity contribution in [3.05, 3.63) is 41.1 Å². The zero-order valence-electron chi connectivity index (χ0n) is 9.19. The number of hydrogen-bond acceptors (Lipinski definition) is 3. The molecule has 3 N–H and O–H groups in total. The fraction of sp³-hybridized carbons (Fsp3) is 0.385. The van der Waals surface area contributed by atoms with Gasteiger partial charge in [0.25, 0.3) is 0 Å². The average Bonchev–Trinajstić information content (AvgIpc) is 2.36. The van der Waals surface area contributed by atoms with Crippen LogP contribution in [0.5, 0.6) is 0 Å². The summed E-state index contributed by atoms with van der Waals surface area (Å²) in [4.78, 5) is 0. The van der Waals surface area contributed by atoms with Gasteiger partial charge < -0.3 is 5.73 Å². The van der Waals surface area contributed by atoms with Gasteiger partial charge in [-0.2, -0.15) is 0 Å². The maximum absolute atomic E-state index is 10.2. The van der Waals surface area contributed by atoms with E-state index in [1.54, 1.807) is 0 Å². The molecule has 0 amide bonds. The van der Waals surface area contributed by atoms with Crippen molar-refractivity contribution >= 4 is 5.69 Å². The second-order valence-electron chi connectivity index (χ2n) is 4.53. The Morgan fingerprint density at radius 1 is 1.19 bits per heavy atom. The summed E-state index contributed by atoms with van der Waals surface area (Å²) >= 11 is 0. The number of hydrogen-bond donors (Lipinski definition) is 2. The molecule has 3 heteroatoms. The second kappa shape index (κ2) is 3.61. The molecule has 1 heterocycles. The summed E-state index contributed by atoms with van der Waals surface area (Å²) in [6.07, 6.45) is 4.28. The first-order valence-corrected chi connectivity index (χ1v) is 5.84. The maximum atomic E-state index is 10.2. The van der Waals surface area contributed by atoms with Gasteiger partial charge in [-0.25, -0.2) is 5.06 Å².